The maximum absolute atomic E-state index is 11.4. The SMILES string of the molecule is CCOC(=O)CC(=O)CNc1ccc(C)cc1. The molecule has 0 aliphatic heterocycles. The summed E-state index contributed by atoms with van der Waals surface area (Å²) in [5, 5.41) is 2.96. The van der Waals surface area contributed by atoms with Gasteiger partial charge in [0.1, 0.15) is 6.42 Å². The Bertz CT molecular complexity index is 384. The fraction of sp³-hybridized carbons (Fsp3) is 0.385. The number of rotatable bonds is 6. The van der Waals surface area contributed by atoms with E-state index < -0.39 is 5.97 Å². The average Bonchev–Trinajstić information content (AvgIpc) is 2.28. The Hall–Kier alpha value is -1.84. The molecule has 0 aliphatic carbocycles. The van der Waals surface area contributed by atoms with Gasteiger partial charge in [-0.25, -0.2) is 0 Å². The van der Waals surface area contributed by atoms with Crippen LogP contribution in [-0.2, 0) is 14.3 Å². The van der Waals surface area contributed by atoms with Gasteiger partial charge in [0.25, 0.3) is 0 Å². The molecule has 0 saturated carbocycles. The number of anilines is 1. The molecule has 0 bridgehead atoms. The van der Waals surface area contributed by atoms with Crippen LogP contribution in [0.1, 0.15) is 18.9 Å². The predicted molar refractivity (Wildman–Crippen MR) is 65.9 cm³/mol. The number of hydrogen-bond donors (Lipinski definition) is 1. The van der Waals surface area contributed by atoms with Gasteiger partial charge in [0, 0.05) is 5.69 Å². The second-order valence-electron chi connectivity index (χ2n) is 3.74. The average molecular weight is 235 g/mol. The molecule has 1 aromatic carbocycles. The fourth-order valence-corrected chi connectivity index (χ4v) is 1.31. The summed E-state index contributed by atoms with van der Waals surface area (Å²) in [6.07, 6.45) is -0.174. The second-order valence-corrected chi connectivity index (χ2v) is 3.74. The van der Waals surface area contributed by atoms with Crippen molar-refractivity contribution >= 4 is 17.4 Å². The zero-order valence-electron chi connectivity index (χ0n) is 10.2. The predicted octanol–water partition coefficient (Wildman–Crippen LogP) is 1.93. The van der Waals surface area contributed by atoms with Crippen LogP contribution in [0.2, 0.25) is 0 Å². The van der Waals surface area contributed by atoms with Gasteiger partial charge in [-0.05, 0) is 26.0 Å². The number of aryl methyl sites for hydroxylation is 1. The summed E-state index contributed by atoms with van der Waals surface area (Å²) in [5.41, 5.74) is 2.03. The Morgan fingerprint density at radius 1 is 1.24 bits per heavy atom. The van der Waals surface area contributed by atoms with Crippen LogP contribution in [0, 0.1) is 6.92 Å². The van der Waals surface area contributed by atoms with Gasteiger partial charge in [0.2, 0.25) is 0 Å². The van der Waals surface area contributed by atoms with Crippen molar-refractivity contribution in [2.45, 2.75) is 20.3 Å². The van der Waals surface area contributed by atoms with Gasteiger partial charge in [-0.3, -0.25) is 9.59 Å². The van der Waals surface area contributed by atoms with Crippen LogP contribution in [0.5, 0.6) is 0 Å². The minimum absolute atomic E-state index is 0.141. The van der Waals surface area contributed by atoms with Crippen LogP contribution in [0.3, 0.4) is 0 Å². The molecule has 0 spiro atoms. The standard InChI is InChI=1S/C13H17NO3/c1-3-17-13(16)8-12(15)9-14-11-6-4-10(2)5-7-11/h4-7,14H,3,8-9H2,1-2H3. The normalized spacial score (nSPS) is 9.76. The van der Waals surface area contributed by atoms with Crippen molar-refractivity contribution in [2.24, 2.45) is 0 Å². The number of ether oxygens (including phenoxy) is 1. The van der Waals surface area contributed by atoms with Crippen molar-refractivity contribution in [2.75, 3.05) is 18.5 Å². The molecule has 92 valence electrons. The highest BCUT2D eigenvalue weighted by Gasteiger charge is 2.09. The number of benzene rings is 1. The lowest BCUT2D eigenvalue weighted by Gasteiger charge is -2.05. The zero-order valence-corrected chi connectivity index (χ0v) is 10.2. The minimum Gasteiger partial charge on any atom is -0.466 e. The summed E-state index contributed by atoms with van der Waals surface area (Å²) in [4.78, 5) is 22.4. The van der Waals surface area contributed by atoms with E-state index in [1.165, 1.54) is 0 Å². The second kappa shape index (κ2) is 6.68. The largest absolute Gasteiger partial charge is 0.466 e. The lowest BCUT2D eigenvalue weighted by atomic mass is 10.2. The minimum atomic E-state index is -0.469. The van der Waals surface area contributed by atoms with Crippen molar-refractivity contribution in [3.05, 3.63) is 29.8 Å². The fourth-order valence-electron chi connectivity index (χ4n) is 1.31. The molecule has 0 aliphatic rings. The Morgan fingerprint density at radius 2 is 1.88 bits per heavy atom. The van der Waals surface area contributed by atoms with Gasteiger partial charge >= 0.3 is 5.97 Å². The van der Waals surface area contributed by atoms with Crippen molar-refractivity contribution in [3.63, 3.8) is 0 Å². The highest BCUT2D eigenvalue weighted by Crippen LogP contribution is 2.08. The van der Waals surface area contributed by atoms with Crippen molar-refractivity contribution in [1.29, 1.82) is 0 Å². The molecule has 0 fully saturated rings. The van der Waals surface area contributed by atoms with Gasteiger partial charge in [0.05, 0.1) is 13.2 Å². The molecule has 17 heavy (non-hydrogen) atoms. The maximum atomic E-state index is 11.4. The molecule has 1 rings (SSSR count). The van der Waals surface area contributed by atoms with Gasteiger partial charge in [-0.2, -0.15) is 0 Å². The van der Waals surface area contributed by atoms with Crippen molar-refractivity contribution in [1.82, 2.24) is 0 Å². The first-order chi connectivity index (χ1) is 8.11. The Morgan fingerprint density at radius 3 is 2.47 bits per heavy atom. The van der Waals surface area contributed by atoms with Crippen LogP contribution in [-0.4, -0.2) is 24.9 Å². The smallest absolute Gasteiger partial charge is 0.313 e. The van der Waals surface area contributed by atoms with Gasteiger partial charge in [-0.15, -0.1) is 0 Å². The highest BCUT2D eigenvalue weighted by molar-refractivity contribution is 5.97. The first-order valence-corrected chi connectivity index (χ1v) is 5.59. The molecule has 0 heterocycles. The quantitative estimate of drug-likeness (QED) is 0.604. The molecular weight excluding hydrogens is 218 g/mol. The van der Waals surface area contributed by atoms with E-state index in [1.807, 2.05) is 31.2 Å². The summed E-state index contributed by atoms with van der Waals surface area (Å²) >= 11 is 0. The van der Waals surface area contributed by atoms with E-state index in [1.54, 1.807) is 6.92 Å². The van der Waals surface area contributed by atoms with Gasteiger partial charge in [0.15, 0.2) is 5.78 Å². The molecule has 1 N–H and O–H groups in total. The topological polar surface area (TPSA) is 55.4 Å². The molecular formula is C13H17NO3. The van der Waals surface area contributed by atoms with Gasteiger partial charge < -0.3 is 10.1 Å². The van der Waals surface area contributed by atoms with Crippen molar-refractivity contribution in [3.8, 4) is 0 Å². The van der Waals surface area contributed by atoms with E-state index in [9.17, 15) is 9.59 Å². The number of nitrogens with one attached hydrogen (secondary N) is 1. The van der Waals surface area contributed by atoms with E-state index in [-0.39, 0.29) is 18.7 Å². The lowest BCUT2D eigenvalue weighted by molar-refractivity contribution is -0.145. The Balaban J connectivity index is 2.33. The first kappa shape index (κ1) is 13.2. The van der Waals surface area contributed by atoms with Crippen LogP contribution in [0.4, 0.5) is 5.69 Å². The number of ketones is 1. The van der Waals surface area contributed by atoms with Crippen LogP contribution in [0.15, 0.2) is 24.3 Å². The monoisotopic (exact) mass is 235 g/mol. The molecule has 0 amide bonds. The summed E-state index contributed by atoms with van der Waals surface area (Å²) < 4.78 is 4.69. The molecule has 0 unspecified atom stereocenters. The molecule has 0 radical (unpaired) electrons. The van der Waals surface area contributed by atoms with Gasteiger partial charge in [-0.1, -0.05) is 17.7 Å². The third-order valence-corrected chi connectivity index (χ3v) is 2.19. The van der Waals surface area contributed by atoms with Crippen molar-refractivity contribution < 1.29 is 14.3 Å². The number of esters is 1. The summed E-state index contributed by atoms with van der Waals surface area (Å²) in [6, 6.07) is 7.70. The molecule has 0 atom stereocenters. The lowest BCUT2D eigenvalue weighted by Crippen LogP contribution is -2.18. The number of carbonyl (C=O) groups is 2. The van der Waals surface area contributed by atoms with E-state index in [0.717, 1.165) is 11.3 Å². The van der Waals surface area contributed by atoms with E-state index >= 15 is 0 Å². The Kier molecular flexibility index (Phi) is 5.20. The zero-order chi connectivity index (χ0) is 12.7. The maximum Gasteiger partial charge on any atom is 0.313 e. The molecule has 1 aromatic rings. The molecule has 0 saturated heterocycles. The first-order valence-electron chi connectivity index (χ1n) is 5.59. The molecule has 0 aromatic heterocycles. The van der Waals surface area contributed by atoms with Crippen LogP contribution < -0.4 is 5.32 Å². The van der Waals surface area contributed by atoms with E-state index in [2.05, 4.69) is 5.32 Å². The third-order valence-electron chi connectivity index (χ3n) is 2.19. The number of hydrogen-bond acceptors (Lipinski definition) is 4. The summed E-state index contributed by atoms with van der Waals surface area (Å²) in [5.74, 6) is -0.646. The van der Waals surface area contributed by atoms with E-state index in [0.29, 0.717) is 6.61 Å². The summed E-state index contributed by atoms with van der Waals surface area (Å²) in [6.45, 7) is 4.15. The van der Waals surface area contributed by atoms with Crippen LogP contribution >= 0.6 is 0 Å². The highest BCUT2D eigenvalue weighted by atomic mass is 16.5. The van der Waals surface area contributed by atoms with Crippen LogP contribution in [0.25, 0.3) is 0 Å². The molecule has 4 heteroatoms. The Labute approximate surface area is 101 Å². The number of carbonyl (C=O) groups excluding carboxylic acids is 2. The van der Waals surface area contributed by atoms with E-state index in [4.69, 9.17) is 4.74 Å². The summed E-state index contributed by atoms with van der Waals surface area (Å²) in [7, 11) is 0. The third kappa shape index (κ3) is 5.15. The molecule has 4 nitrogen and oxygen atoms in total. The number of Topliss-reactive ketones (excluding diaryl/α,β-unsaturated/α-hetero) is 1.